The van der Waals surface area contributed by atoms with E-state index in [0.717, 1.165) is 11.3 Å². The lowest BCUT2D eigenvalue weighted by Crippen LogP contribution is -2.39. The zero-order valence-corrected chi connectivity index (χ0v) is 12.3. The highest BCUT2D eigenvalue weighted by Gasteiger charge is 2.25. The Kier molecular flexibility index (Phi) is 5.16. The van der Waals surface area contributed by atoms with Crippen molar-refractivity contribution >= 4 is 17.5 Å². The molecule has 0 unspecified atom stereocenters. The zero-order valence-electron chi connectivity index (χ0n) is 12.3. The second-order valence-electron chi connectivity index (χ2n) is 4.87. The fourth-order valence-corrected chi connectivity index (χ4v) is 2.16. The molecule has 1 aliphatic rings. The molecule has 2 rings (SSSR count). The van der Waals surface area contributed by atoms with Crippen molar-refractivity contribution in [2.45, 2.75) is 26.7 Å². The molecule has 0 spiro atoms. The van der Waals surface area contributed by atoms with Crippen molar-refractivity contribution in [1.82, 2.24) is 5.48 Å². The Balaban J connectivity index is 1.95. The van der Waals surface area contributed by atoms with E-state index >= 15 is 0 Å². The third-order valence-corrected chi connectivity index (χ3v) is 3.17. The zero-order chi connectivity index (χ0) is 15.2. The second kappa shape index (κ2) is 7.08. The van der Waals surface area contributed by atoms with E-state index in [1.165, 1.54) is 0 Å². The number of aryl methyl sites for hydroxylation is 1. The van der Waals surface area contributed by atoms with Crippen LogP contribution in [0.15, 0.2) is 18.2 Å². The average Bonchev–Trinajstić information content (AvgIpc) is 2.47. The maximum atomic E-state index is 12.0. The summed E-state index contributed by atoms with van der Waals surface area (Å²) in [7, 11) is 0. The second-order valence-corrected chi connectivity index (χ2v) is 4.87. The molecule has 1 aliphatic heterocycles. The standard InChI is InChI=1S/C15H20N2O4/c1-3-21-16-14(18)5-4-8-17-12-9-11(2)6-7-13(12)20-10-15(17)19/h6-7,9H,3-5,8,10H2,1-2H3,(H,16,18). The van der Waals surface area contributed by atoms with Crippen molar-refractivity contribution in [3.63, 3.8) is 0 Å². The van der Waals surface area contributed by atoms with Gasteiger partial charge in [0.1, 0.15) is 5.75 Å². The molecule has 0 saturated heterocycles. The van der Waals surface area contributed by atoms with Crippen LogP contribution in [-0.2, 0) is 14.4 Å². The van der Waals surface area contributed by atoms with Gasteiger partial charge in [0.15, 0.2) is 6.61 Å². The van der Waals surface area contributed by atoms with Crippen molar-refractivity contribution in [3.05, 3.63) is 23.8 Å². The summed E-state index contributed by atoms with van der Waals surface area (Å²) in [6, 6.07) is 5.74. The summed E-state index contributed by atoms with van der Waals surface area (Å²) >= 11 is 0. The summed E-state index contributed by atoms with van der Waals surface area (Å²) in [5, 5.41) is 0. The number of amides is 2. The van der Waals surface area contributed by atoms with Gasteiger partial charge in [0.2, 0.25) is 5.91 Å². The first-order chi connectivity index (χ1) is 10.1. The lowest BCUT2D eigenvalue weighted by molar-refractivity contribution is -0.133. The van der Waals surface area contributed by atoms with Crippen molar-refractivity contribution in [2.24, 2.45) is 0 Å². The number of anilines is 1. The monoisotopic (exact) mass is 292 g/mol. The van der Waals surface area contributed by atoms with Gasteiger partial charge < -0.3 is 9.64 Å². The molecule has 0 aliphatic carbocycles. The van der Waals surface area contributed by atoms with Crippen LogP contribution in [0.4, 0.5) is 5.69 Å². The topological polar surface area (TPSA) is 67.9 Å². The molecule has 0 atom stereocenters. The van der Waals surface area contributed by atoms with Gasteiger partial charge in [0, 0.05) is 13.0 Å². The molecule has 1 heterocycles. The highest BCUT2D eigenvalue weighted by Crippen LogP contribution is 2.32. The van der Waals surface area contributed by atoms with Crippen molar-refractivity contribution in [1.29, 1.82) is 0 Å². The molecule has 0 bridgehead atoms. The van der Waals surface area contributed by atoms with Gasteiger partial charge in [-0.05, 0) is 38.0 Å². The molecule has 6 heteroatoms. The lowest BCUT2D eigenvalue weighted by atomic mass is 10.1. The lowest BCUT2D eigenvalue weighted by Gasteiger charge is -2.29. The van der Waals surface area contributed by atoms with Gasteiger partial charge in [-0.3, -0.25) is 14.4 Å². The van der Waals surface area contributed by atoms with Crippen LogP contribution in [0.5, 0.6) is 5.75 Å². The molecular formula is C15H20N2O4. The number of hydroxylamine groups is 1. The minimum absolute atomic E-state index is 0.0429. The Hall–Kier alpha value is -2.08. The van der Waals surface area contributed by atoms with Crippen LogP contribution in [0.2, 0.25) is 0 Å². The molecule has 0 saturated carbocycles. The summed E-state index contributed by atoms with van der Waals surface area (Å²) in [6.45, 7) is 4.72. The van der Waals surface area contributed by atoms with Crippen LogP contribution in [0.1, 0.15) is 25.3 Å². The molecule has 0 fully saturated rings. The number of ether oxygens (including phenoxy) is 1. The van der Waals surface area contributed by atoms with E-state index in [0.29, 0.717) is 31.7 Å². The molecule has 6 nitrogen and oxygen atoms in total. The van der Waals surface area contributed by atoms with Crippen molar-refractivity contribution < 1.29 is 19.2 Å². The molecule has 2 amide bonds. The van der Waals surface area contributed by atoms with Gasteiger partial charge in [-0.1, -0.05) is 6.07 Å². The summed E-state index contributed by atoms with van der Waals surface area (Å²) < 4.78 is 5.41. The van der Waals surface area contributed by atoms with Gasteiger partial charge in [0.05, 0.1) is 12.3 Å². The molecule has 114 valence electrons. The van der Waals surface area contributed by atoms with E-state index in [9.17, 15) is 9.59 Å². The minimum atomic E-state index is -0.179. The van der Waals surface area contributed by atoms with E-state index in [1.807, 2.05) is 25.1 Å². The fourth-order valence-electron chi connectivity index (χ4n) is 2.16. The van der Waals surface area contributed by atoms with Crippen LogP contribution in [0.3, 0.4) is 0 Å². The molecule has 1 aromatic rings. The van der Waals surface area contributed by atoms with Crippen molar-refractivity contribution in [2.75, 3.05) is 24.7 Å². The van der Waals surface area contributed by atoms with Crippen molar-refractivity contribution in [3.8, 4) is 5.75 Å². The highest BCUT2D eigenvalue weighted by atomic mass is 16.6. The van der Waals surface area contributed by atoms with Crippen LogP contribution in [0, 0.1) is 6.92 Å². The van der Waals surface area contributed by atoms with E-state index < -0.39 is 0 Å². The molecule has 1 aromatic carbocycles. The third kappa shape index (κ3) is 3.95. The number of hydrogen-bond donors (Lipinski definition) is 1. The Labute approximate surface area is 124 Å². The number of rotatable bonds is 6. The summed E-state index contributed by atoms with van der Waals surface area (Å²) in [5.41, 5.74) is 4.18. The molecule has 0 aromatic heterocycles. The number of hydrogen-bond acceptors (Lipinski definition) is 4. The summed E-state index contributed by atoms with van der Waals surface area (Å²) in [6.07, 6.45) is 0.879. The van der Waals surface area contributed by atoms with Gasteiger partial charge in [-0.25, -0.2) is 5.48 Å². The quantitative estimate of drug-likeness (QED) is 0.808. The smallest absolute Gasteiger partial charge is 0.265 e. The number of nitrogens with zero attached hydrogens (tertiary/aromatic N) is 1. The largest absolute Gasteiger partial charge is 0.482 e. The molecule has 21 heavy (non-hydrogen) atoms. The summed E-state index contributed by atoms with van der Waals surface area (Å²) in [5.74, 6) is 0.444. The predicted molar refractivity (Wildman–Crippen MR) is 78.0 cm³/mol. The SMILES string of the molecule is CCONC(=O)CCCN1C(=O)COc2ccc(C)cc21. The Morgan fingerprint density at radius 2 is 2.29 bits per heavy atom. The fraction of sp³-hybridized carbons (Fsp3) is 0.467. The number of nitrogens with one attached hydrogen (secondary N) is 1. The van der Waals surface area contributed by atoms with Gasteiger partial charge >= 0.3 is 0 Å². The Morgan fingerprint density at radius 1 is 1.48 bits per heavy atom. The number of benzene rings is 1. The number of carbonyl (C=O) groups is 2. The first kappa shape index (κ1) is 15.3. The van der Waals surface area contributed by atoms with Gasteiger partial charge in [-0.15, -0.1) is 0 Å². The first-order valence-electron chi connectivity index (χ1n) is 7.06. The molecular weight excluding hydrogens is 272 g/mol. The van der Waals surface area contributed by atoms with Gasteiger partial charge in [0.25, 0.3) is 5.91 Å². The van der Waals surface area contributed by atoms with Crippen LogP contribution >= 0.6 is 0 Å². The average molecular weight is 292 g/mol. The van der Waals surface area contributed by atoms with E-state index in [4.69, 9.17) is 9.57 Å². The van der Waals surface area contributed by atoms with E-state index in [2.05, 4.69) is 5.48 Å². The number of carbonyl (C=O) groups excluding carboxylic acids is 2. The maximum absolute atomic E-state index is 12.0. The van der Waals surface area contributed by atoms with E-state index in [1.54, 1.807) is 11.8 Å². The predicted octanol–water partition coefficient (Wildman–Crippen LogP) is 1.57. The maximum Gasteiger partial charge on any atom is 0.265 e. The van der Waals surface area contributed by atoms with Crippen LogP contribution < -0.4 is 15.1 Å². The van der Waals surface area contributed by atoms with E-state index in [-0.39, 0.29) is 18.4 Å². The Morgan fingerprint density at radius 3 is 3.05 bits per heavy atom. The molecule has 0 radical (unpaired) electrons. The van der Waals surface area contributed by atoms with Gasteiger partial charge in [-0.2, -0.15) is 0 Å². The summed E-state index contributed by atoms with van der Waals surface area (Å²) in [4.78, 5) is 30.0. The Bertz CT molecular complexity index is 530. The first-order valence-corrected chi connectivity index (χ1v) is 7.06. The van der Waals surface area contributed by atoms with Crippen LogP contribution in [-0.4, -0.2) is 31.6 Å². The number of fused-ring (bicyclic) bond motifs is 1. The highest BCUT2D eigenvalue weighted by molar-refractivity contribution is 5.97. The molecule has 1 N–H and O–H groups in total. The normalized spacial score (nSPS) is 13.6. The third-order valence-electron chi connectivity index (χ3n) is 3.17. The van der Waals surface area contributed by atoms with Crippen LogP contribution in [0.25, 0.3) is 0 Å². The minimum Gasteiger partial charge on any atom is -0.482 e.